The van der Waals surface area contributed by atoms with E-state index >= 15 is 0 Å². The van der Waals surface area contributed by atoms with Crippen LogP contribution in [0.2, 0.25) is 5.02 Å². The molecule has 0 unspecified atom stereocenters. The van der Waals surface area contributed by atoms with Gasteiger partial charge in [-0.25, -0.2) is 4.39 Å². The van der Waals surface area contributed by atoms with Crippen molar-refractivity contribution in [3.05, 3.63) is 55.4 Å². The Morgan fingerprint density at radius 3 is 2.62 bits per heavy atom. The Bertz CT molecular complexity index is 1170. The van der Waals surface area contributed by atoms with E-state index in [4.69, 9.17) is 11.6 Å². The van der Waals surface area contributed by atoms with E-state index in [0.717, 1.165) is 4.52 Å². The van der Waals surface area contributed by atoms with Gasteiger partial charge >= 0.3 is 6.18 Å². The minimum absolute atomic E-state index is 0.0843. The first kappa shape index (κ1) is 21.2. The van der Waals surface area contributed by atoms with Crippen LogP contribution in [0, 0.1) is 5.82 Å². The first-order valence-corrected chi connectivity index (χ1v) is 9.19. The van der Waals surface area contributed by atoms with Gasteiger partial charge < -0.3 is 9.88 Å². The average molecular weight is 497 g/mol. The lowest BCUT2D eigenvalue weighted by molar-refractivity contribution is -0.139. The van der Waals surface area contributed by atoms with Crippen molar-refractivity contribution >= 4 is 44.9 Å². The predicted octanol–water partition coefficient (Wildman–Crippen LogP) is 3.67. The summed E-state index contributed by atoms with van der Waals surface area (Å²) in [6, 6.07) is 2.18. The summed E-state index contributed by atoms with van der Waals surface area (Å²) in [7, 11) is 0. The van der Waals surface area contributed by atoms with Gasteiger partial charge in [0.15, 0.2) is 0 Å². The summed E-state index contributed by atoms with van der Waals surface area (Å²) in [6.07, 6.45) is -4.53. The van der Waals surface area contributed by atoms with Gasteiger partial charge in [0.25, 0.3) is 5.56 Å². The molecule has 0 atom stereocenters. The topological polar surface area (TPSA) is 81.3 Å². The molecule has 0 fully saturated rings. The van der Waals surface area contributed by atoms with Gasteiger partial charge in [-0.3, -0.25) is 9.59 Å². The maximum Gasteiger partial charge on any atom is 0.419 e. The molecule has 7 nitrogen and oxygen atoms in total. The molecule has 0 saturated heterocycles. The number of anilines is 1. The van der Waals surface area contributed by atoms with Gasteiger partial charge in [-0.1, -0.05) is 18.5 Å². The first-order valence-electron chi connectivity index (χ1n) is 8.02. The smallest absolute Gasteiger partial charge is 0.323 e. The van der Waals surface area contributed by atoms with Gasteiger partial charge in [0.1, 0.15) is 12.4 Å². The normalized spacial score (nSPS) is 11.8. The molecule has 13 heteroatoms. The van der Waals surface area contributed by atoms with Crippen molar-refractivity contribution in [2.45, 2.75) is 26.1 Å². The molecule has 2 heterocycles. The third-order valence-electron chi connectivity index (χ3n) is 3.95. The van der Waals surface area contributed by atoms with Crippen LogP contribution in [0.5, 0.6) is 0 Å². The van der Waals surface area contributed by atoms with E-state index in [1.165, 1.54) is 10.6 Å². The molecule has 0 aliphatic heterocycles. The van der Waals surface area contributed by atoms with E-state index in [1.54, 1.807) is 6.92 Å². The van der Waals surface area contributed by atoms with Gasteiger partial charge in [-0.2, -0.15) is 22.7 Å². The number of fused-ring (bicyclic) bond motifs is 1. The van der Waals surface area contributed by atoms with E-state index in [2.05, 4.69) is 31.3 Å². The summed E-state index contributed by atoms with van der Waals surface area (Å²) in [5, 5.41) is 5.67. The highest BCUT2D eigenvalue weighted by molar-refractivity contribution is 9.10. The number of benzene rings is 1. The Labute approximate surface area is 173 Å². The summed E-state index contributed by atoms with van der Waals surface area (Å²) >= 11 is 8.82. The molecule has 1 amide bonds. The summed E-state index contributed by atoms with van der Waals surface area (Å²) in [6.45, 7) is 1.39. The van der Waals surface area contributed by atoms with Crippen molar-refractivity contribution in [2.75, 3.05) is 5.32 Å². The molecule has 0 aliphatic carbocycles. The highest BCUT2D eigenvalue weighted by Gasteiger charge is 2.35. The lowest BCUT2D eigenvalue weighted by atomic mass is 10.2. The second-order valence-electron chi connectivity index (χ2n) is 5.86. The molecule has 154 valence electrons. The van der Waals surface area contributed by atoms with Gasteiger partial charge in [-0.15, -0.1) is 5.10 Å². The fraction of sp³-hybridized carbons (Fsp3) is 0.250. The number of rotatable bonds is 4. The number of carbonyl (C=O) groups excluding carboxylic acids is 1. The number of carbonyl (C=O) groups is 1. The summed E-state index contributed by atoms with van der Waals surface area (Å²) in [4.78, 5) is 28.6. The Morgan fingerprint density at radius 2 is 2.00 bits per heavy atom. The molecule has 0 spiro atoms. The van der Waals surface area contributed by atoms with Crippen LogP contribution in [0.25, 0.3) is 5.78 Å². The Hall–Kier alpha value is -2.47. The second kappa shape index (κ2) is 7.75. The quantitative estimate of drug-likeness (QED) is 0.559. The van der Waals surface area contributed by atoms with Gasteiger partial charge in [-0.05, 0) is 34.5 Å². The molecule has 3 aromatic rings. The van der Waals surface area contributed by atoms with Crippen molar-refractivity contribution in [3.8, 4) is 0 Å². The summed E-state index contributed by atoms with van der Waals surface area (Å²) in [5.41, 5.74) is -1.83. The fourth-order valence-corrected chi connectivity index (χ4v) is 3.20. The second-order valence-corrected chi connectivity index (χ2v) is 6.98. The number of aryl methyl sites for hydroxylation is 1. The van der Waals surface area contributed by atoms with Crippen LogP contribution in [-0.4, -0.2) is 25.1 Å². The SMILES string of the molecule is CCc1cc(=O)n2nc(Br)nc2n1CC(=O)Nc1cc(F)c(C(F)(F)F)cc1Cl. The number of hydrogen-bond acceptors (Lipinski definition) is 4. The molecule has 0 saturated carbocycles. The lowest BCUT2D eigenvalue weighted by Gasteiger charge is -2.15. The zero-order chi connectivity index (χ0) is 21.5. The summed E-state index contributed by atoms with van der Waals surface area (Å²) in [5.74, 6) is -2.20. The molecule has 0 radical (unpaired) electrons. The van der Waals surface area contributed by atoms with E-state index < -0.39 is 34.0 Å². The molecule has 3 rings (SSSR count). The Morgan fingerprint density at radius 1 is 1.31 bits per heavy atom. The van der Waals surface area contributed by atoms with Crippen molar-refractivity contribution in [1.29, 1.82) is 0 Å². The van der Waals surface area contributed by atoms with Crippen LogP contribution in [0.1, 0.15) is 18.2 Å². The zero-order valence-corrected chi connectivity index (χ0v) is 16.9. The zero-order valence-electron chi connectivity index (χ0n) is 14.5. The number of amides is 1. The third kappa shape index (κ3) is 4.27. The lowest BCUT2D eigenvalue weighted by Crippen LogP contribution is -2.26. The molecule has 0 bridgehead atoms. The van der Waals surface area contributed by atoms with Crippen molar-refractivity contribution in [1.82, 2.24) is 19.2 Å². The maximum atomic E-state index is 13.8. The van der Waals surface area contributed by atoms with Crippen LogP contribution in [0.15, 0.2) is 27.7 Å². The molecule has 1 aromatic carbocycles. The number of halogens is 6. The van der Waals surface area contributed by atoms with Crippen LogP contribution < -0.4 is 10.9 Å². The van der Waals surface area contributed by atoms with Crippen LogP contribution in [-0.2, 0) is 23.9 Å². The van der Waals surface area contributed by atoms with Gasteiger partial charge in [0.2, 0.25) is 16.4 Å². The van der Waals surface area contributed by atoms with E-state index in [-0.39, 0.29) is 22.7 Å². The van der Waals surface area contributed by atoms with Crippen molar-refractivity contribution in [2.24, 2.45) is 0 Å². The van der Waals surface area contributed by atoms with Crippen LogP contribution in [0.4, 0.5) is 23.2 Å². The standard InChI is InChI=1S/C16H11BrClF4N5O2/c1-2-7-3-13(29)27-15(24-14(17)25-27)26(7)6-12(28)23-11-5-10(19)8(4-9(11)18)16(20,21)22/h3-5H,2,6H2,1H3,(H,23,28). The number of nitrogens with one attached hydrogen (secondary N) is 1. The molecular weight excluding hydrogens is 486 g/mol. The van der Waals surface area contributed by atoms with E-state index in [0.29, 0.717) is 24.2 Å². The van der Waals surface area contributed by atoms with Crippen LogP contribution in [0.3, 0.4) is 0 Å². The van der Waals surface area contributed by atoms with Gasteiger partial charge in [0, 0.05) is 11.8 Å². The average Bonchev–Trinajstić information content (AvgIpc) is 3.01. The van der Waals surface area contributed by atoms with E-state index in [1.807, 2.05) is 0 Å². The predicted molar refractivity (Wildman–Crippen MR) is 99.4 cm³/mol. The minimum atomic E-state index is -4.92. The Balaban J connectivity index is 1.94. The Kier molecular flexibility index (Phi) is 5.68. The number of hydrogen-bond donors (Lipinski definition) is 1. The summed E-state index contributed by atoms with van der Waals surface area (Å²) < 4.78 is 54.5. The van der Waals surface area contributed by atoms with Crippen molar-refractivity contribution < 1.29 is 22.4 Å². The number of aromatic nitrogens is 4. The molecule has 2 aromatic heterocycles. The highest BCUT2D eigenvalue weighted by Crippen LogP contribution is 2.36. The first-order chi connectivity index (χ1) is 13.5. The van der Waals surface area contributed by atoms with Gasteiger partial charge in [0.05, 0.1) is 16.3 Å². The monoisotopic (exact) mass is 495 g/mol. The maximum absolute atomic E-state index is 13.8. The molecule has 29 heavy (non-hydrogen) atoms. The van der Waals surface area contributed by atoms with Crippen molar-refractivity contribution in [3.63, 3.8) is 0 Å². The largest absolute Gasteiger partial charge is 0.419 e. The third-order valence-corrected chi connectivity index (χ3v) is 4.60. The minimum Gasteiger partial charge on any atom is -0.323 e. The highest BCUT2D eigenvalue weighted by atomic mass is 79.9. The molecular formula is C16H11BrClF4N5O2. The fourth-order valence-electron chi connectivity index (χ4n) is 2.67. The van der Waals surface area contributed by atoms with Crippen LogP contribution >= 0.6 is 27.5 Å². The van der Waals surface area contributed by atoms with E-state index in [9.17, 15) is 27.2 Å². The molecule has 0 aliphatic rings. The number of nitrogens with zero attached hydrogens (tertiary/aromatic N) is 4. The number of alkyl halides is 3. The molecule has 1 N–H and O–H groups in total.